The van der Waals surface area contributed by atoms with Crippen LogP contribution in [0.15, 0.2) is 89.8 Å². The Morgan fingerprint density at radius 1 is 0.828 bits per heavy atom. The molecule has 29 heavy (non-hydrogen) atoms. The Morgan fingerprint density at radius 2 is 1.38 bits per heavy atom. The largest absolute Gasteiger partial charge is 0.345 e. The summed E-state index contributed by atoms with van der Waals surface area (Å²) < 4.78 is 48.4. The molecule has 0 fully saturated rings. The fourth-order valence-electron chi connectivity index (χ4n) is 2.93. The Labute approximate surface area is 168 Å². The lowest BCUT2D eigenvalue weighted by Crippen LogP contribution is -2.30. The average molecular weight is 415 g/mol. The second kappa shape index (κ2) is 8.96. The minimum absolute atomic E-state index is 0.187. The van der Waals surface area contributed by atoms with Crippen LogP contribution in [0.4, 0.5) is 8.78 Å². The molecule has 7 heteroatoms. The molecule has 0 bridgehead atoms. The topological polar surface area (TPSA) is 63.2 Å². The molecule has 0 unspecified atom stereocenters. The molecule has 0 saturated carbocycles. The number of benzene rings is 3. The number of hydrogen-bond acceptors (Lipinski definition) is 3. The Kier molecular flexibility index (Phi) is 6.39. The van der Waals surface area contributed by atoms with Crippen molar-refractivity contribution >= 4 is 15.7 Å². The van der Waals surface area contributed by atoms with Crippen molar-refractivity contribution in [2.45, 2.75) is 23.1 Å². The Balaban J connectivity index is 1.81. The summed E-state index contributed by atoms with van der Waals surface area (Å²) in [7, 11) is -4.69. The molecule has 1 N–H and O–H groups in total. The molecule has 150 valence electrons. The van der Waals surface area contributed by atoms with E-state index in [4.69, 9.17) is 0 Å². The molecule has 1 amide bonds. The minimum atomic E-state index is -4.69. The van der Waals surface area contributed by atoms with Crippen molar-refractivity contribution in [3.8, 4) is 0 Å². The monoisotopic (exact) mass is 415 g/mol. The van der Waals surface area contributed by atoms with Crippen LogP contribution in [0.1, 0.15) is 27.5 Å². The number of halogens is 2. The van der Waals surface area contributed by atoms with Gasteiger partial charge in [0.05, 0.1) is 10.9 Å². The van der Waals surface area contributed by atoms with Crippen molar-refractivity contribution in [1.82, 2.24) is 5.32 Å². The first-order valence-corrected chi connectivity index (χ1v) is 10.4. The molecule has 4 nitrogen and oxygen atoms in total. The van der Waals surface area contributed by atoms with Crippen LogP contribution in [0.2, 0.25) is 0 Å². The number of carbonyl (C=O) groups is 1. The summed E-state index contributed by atoms with van der Waals surface area (Å²) in [6, 6.07) is 23.3. The summed E-state index contributed by atoms with van der Waals surface area (Å²) in [4.78, 5) is 12.2. The van der Waals surface area contributed by atoms with E-state index in [9.17, 15) is 22.0 Å². The molecule has 0 aliphatic carbocycles. The quantitative estimate of drug-likeness (QED) is 0.622. The van der Waals surface area contributed by atoms with E-state index in [0.717, 1.165) is 23.3 Å². The molecule has 0 aromatic heterocycles. The highest BCUT2D eigenvalue weighted by Gasteiger charge is 2.26. The molecule has 0 spiro atoms. The van der Waals surface area contributed by atoms with E-state index >= 15 is 0 Å². The summed E-state index contributed by atoms with van der Waals surface area (Å²) in [5.74, 6) is -3.92. The molecular formula is C22H19F2NO3S. The number of amides is 1. The molecule has 3 aromatic carbocycles. The van der Waals surface area contributed by atoms with Crippen molar-refractivity contribution in [3.05, 3.63) is 102 Å². The van der Waals surface area contributed by atoms with Crippen LogP contribution in [0.25, 0.3) is 0 Å². The highest BCUT2D eigenvalue weighted by Crippen LogP contribution is 2.21. The number of rotatable bonds is 7. The predicted molar refractivity (Wildman–Crippen MR) is 106 cm³/mol. The van der Waals surface area contributed by atoms with Crippen LogP contribution in [-0.2, 0) is 16.3 Å². The van der Waals surface area contributed by atoms with E-state index in [1.807, 2.05) is 60.7 Å². The maximum atomic E-state index is 12.7. The van der Waals surface area contributed by atoms with Crippen LogP contribution in [-0.4, -0.2) is 20.1 Å². The fourth-order valence-corrected chi connectivity index (χ4v) is 3.65. The summed E-state index contributed by atoms with van der Waals surface area (Å²) in [6.45, 7) is 0. The van der Waals surface area contributed by atoms with E-state index in [-0.39, 0.29) is 11.6 Å². The first-order valence-electron chi connectivity index (χ1n) is 8.90. The smallest absolute Gasteiger partial charge is 0.341 e. The molecule has 0 radical (unpaired) electrons. The van der Waals surface area contributed by atoms with Gasteiger partial charge in [0.25, 0.3) is 5.91 Å². The molecule has 0 heterocycles. The van der Waals surface area contributed by atoms with Crippen molar-refractivity contribution < 1.29 is 22.0 Å². The van der Waals surface area contributed by atoms with E-state index in [1.54, 1.807) is 0 Å². The minimum Gasteiger partial charge on any atom is -0.345 e. The van der Waals surface area contributed by atoms with Gasteiger partial charge in [-0.1, -0.05) is 60.7 Å². The summed E-state index contributed by atoms with van der Waals surface area (Å²) >= 11 is 0. The summed E-state index contributed by atoms with van der Waals surface area (Å²) in [5, 5.41) is 2.94. The second-order valence-corrected chi connectivity index (χ2v) is 8.37. The van der Waals surface area contributed by atoms with Crippen molar-refractivity contribution in [3.63, 3.8) is 0 Å². The molecule has 3 aromatic rings. The van der Waals surface area contributed by atoms with Crippen molar-refractivity contribution in [2.24, 2.45) is 0 Å². The second-order valence-electron chi connectivity index (χ2n) is 6.46. The third-order valence-electron chi connectivity index (χ3n) is 4.47. The standard InChI is InChI=1S/C22H19F2NO3S/c23-22(24)29(27,28)19-13-11-18(12-14-19)21(26)25-20(17-9-5-2-6-10-17)15-16-7-3-1-4-8-16/h1-14,20,22H,15H2,(H,25,26)/t20-/m1/s1. The van der Waals surface area contributed by atoms with Crippen LogP contribution >= 0.6 is 0 Å². The van der Waals surface area contributed by atoms with Crippen molar-refractivity contribution in [2.75, 3.05) is 0 Å². The molecule has 0 saturated heterocycles. The van der Waals surface area contributed by atoms with Crippen LogP contribution < -0.4 is 5.32 Å². The third-order valence-corrected chi connectivity index (χ3v) is 5.87. The van der Waals surface area contributed by atoms with Gasteiger partial charge in [-0.2, -0.15) is 8.78 Å². The predicted octanol–water partition coefficient (Wildman–Crippen LogP) is 4.40. The fraction of sp³-hybridized carbons (Fsp3) is 0.136. The van der Waals surface area contributed by atoms with Crippen molar-refractivity contribution in [1.29, 1.82) is 0 Å². The van der Waals surface area contributed by atoms with Gasteiger partial charge in [-0.25, -0.2) is 8.42 Å². The normalized spacial score (nSPS) is 12.5. The zero-order chi connectivity index (χ0) is 20.9. The third kappa shape index (κ3) is 5.06. The molecule has 3 rings (SSSR count). The van der Waals surface area contributed by atoms with Gasteiger partial charge in [0.15, 0.2) is 0 Å². The number of alkyl halides is 2. The van der Waals surface area contributed by atoms with Gasteiger partial charge in [-0.05, 0) is 41.8 Å². The highest BCUT2D eigenvalue weighted by atomic mass is 32.2. The van der Waals surface area contributed by atoms with Gasteiger partial charge < -0.3 is 5.32 Å². The number of carbonyl (C=O) groups excluding carboxylic acids is 1. The number of nitrogens with one attached hydrogen (secondary N) is 1. The molecular weight excluding hydrogens is 396 g/mol. The maximum absolute atomic E-state index is 12.7. The Bertz CT molecular complexity index is 1050. The van der Waals surface area contributed by atoms with Crippen LogP contribution in [0.5, 0.6) is 0 Å². The van der Waals surface area contributed by atoms with Gasteiger partial charge in [0.2, 0.25) is 9.84 Å². The lowest BCUT2D eigenvalue weighted by molar-refractivity contribution is 0.0936. The van der Waals surface area contributed by atoms with Gasteiger partial charge in [0, 0.05) is 5.56 Å². The molecule has 0 aliphatic heterocycles. The van der Waals surface area contributed by atoms with Gasteiger partial charge >= 0.3 is 5.76 Å². The Hall–Kier alpha value is -3.06. The summed E-state index contributed by atoms with van der Waals surface area (Å²) in [5.41, 5.74) is 2.15. The van der Waals surface area contributed by atoms with E-state index in [1.165, 1.54) is 12.1 Å². The summed E-state index contributed by atoms with van der Waals surface area (Å²) in [6.07, 6.45) is 0.564. The Morgan fingerprint density at radius 3 is 1.93 bits per heavy atom. The number of sulfone groups is 1. The van der Waals surface area contributed by atoms with Gasteiger partial charge in [0.1, 0.15) is 0 Å². The average Bonchev–Trinajstić information content (AvgIpc) is 2.74. The highest BCUT2D eigenvalue weighted by molar-refractivity contribution is 7.91. The zero-order valence-electron chi connectivity index (χ0n) is 15.3. The lowest BCUT2D eigenvalue weighted by atomic mass is 9.98. The SMILES string of the molecule is O=C(N[C@H](Cc1ccccc1)c1ccccc1)c1ccc(S(=O)(=O)C(F)F)cc1. The first-order chi connectivity index (χ1) is 13.9. The van der Waals surface area contributed by atoms with E-state index in [0.29, 0.717) is 6.42 Å². The van der Waals surface area contributed by atoms with Gasteiger partial charge in [-0.3, -0.25) is 4.79 Å². The van der Waals surface area contributed by atoms with Crippen LogP contribution in [0, 0.1) is 0 Å². The lowest BCUT2D eigenvalue weighted by Gasteiger charge is -2.20. The molecule has 0 aliphatic rings. The van der Waals surface area contributed by atoms with Gasteiger partial charge in [-0.15, -0.1) is 0 Å². The number of hydrogen-bond donors (Lipinski definition) is 1. The molecule has 1 atom stereocenters. The van der Waals surface area contributed by atoms with E-state index < -0.39 is 26.4 Å². The maximum Gasteiger partial charge on any atom is 0.341 e. The van der Waals surface area contributed by atoms with Crippen LogP contribution in [0.3, 0.4) is 0 Å². The zero-order valence-corrected chi connectivity index (χ0v) is 16.2. The first kappa shape index (κ1) is 20.7. The van der Waals surface area contributed by atoms with E-state index in [2.05, 4.69) is 5.32 Å².